The largest absolute Gasteiger partial charge is 0.390 e. The maximum Gasteiger partial charge on any atom is 0.111 e. The van der Waals surface area contributed by atoms with Crippen LogP contribution in [-0.4, -0.2) is 34.0 Å². The predicted molar refractivity (Wildman–Crippen MR) is 63.3 cm³/mol. The summed E-state index contributed by atoms with van der Waals surface area (Å²) in [6, 6.07) is 0. The fraction of sp³-hybridized carbons (Fsp3) is 0.750. The molecule has 0 radical (unpaired) electrons. The molecule has 2 unspecified atom stereocenters. The van der Waals surface area contributed by atoms with Crippen molar-refractivity contribution in [2.75, 3.05) is 7.11 Å². The van der Waals surface area contributed by atoms with E-state index in [4.69, 9.17) is 4.74 Å². The SMILES string of the molecule is CCCn1ccnc1CC(O)C(CC)OC. The lowest BCUT2D eigenvalue weighted by atomic mass is 10.1. The van der Waals surface area contributed by atoms with E-state index >= 15 is 0 Å². The minimum absolute atomic E-state index is 0.105. The van der Waals surface area contributed by atoms with Crippen molar-refractivity contribution in [2.24, 2.45) is 0 Å². The van der Waals surface area contributed by atoms with Gasteiger partial charge in [-0.2, -0.15) is 0 Å². The third kappa shape index (κ3) is 3.32. The lowest BCUT2D eigenvalue weighted by Crippen LogP contribution is -2.30. The van der Waals surface area contributed by atoms with Gasteiger partial charge in [0.05, 0.1) is 12.2 Å². The summed E-state index contributed by atoms with van der Waals surface area (Å²) in [4.78, 5) is 4.27. The monoisotopic (exact) mass is 226 g/mol. The van der Waals surface area contributed by atoms with Crippen LogP contribution >= 0.6 is 0 Å². The summed E-state index contributed by atoms with van der Waals surface area (Å²) in [5, 5.41) is 10.00. The Labute approximate surface area is 97.3 Å². The number of hydrogen-bond acceptors (Lipinski definition) is 3. The first-order valence-electron chi connectivity index (χ1n) is 5.93. The second-order valence-corrected chi connectivity index (χ2v) is 3.99. The Hall–Kier alpha value is -0.870. The van der Waals surface area contributed by atoms with E-state index in [-0.39, 0.29) is 6.10 Å². The van der Waals surface area contributed by atoms with E-state index < -0.39 is 6.10 Å². The van der Waals surface area contributed by atoms with E-state index in [0.717, 1.165) is 25.2 Å². The van der Waals surface area contributed by atoms with Crippen molar-refractivity contribution < 1.29 is 9.84 Å². The molecule has 0 aromatic carbocycles. The molecule has 4 nitrogen and oxygen atoms in total. The first-order chi connectivity index (χ1) is 7.72. The summed E-state index contributed by atoms with van der Waals surface area (Å²) in [5.41, 5.74) is 0. The van der Waals surface area contributed by atoms with Crippen LogP contribution in [0.5, 0.6) is 0 Å². The van der Waals surface area contributed by atoms with Crippen molar-refractivity contribution in [3.05, 3.63) is 18.2 Å². The van der Waals surface area contributed by atoms with E-state index in [2.05, 4.69) is 16.5 Å². The van der Waals surface area contributed by atoms with Crippen LogP contribution in [0.3, 0.4) is 0 Å². The molecular weight excluding hydrogens is 204 g/mol. The van der Waals surface area contributed by atoms with Crippen molar-refractivity contribution in [3.8, 4) is 0 Å². The van der Waals surface area contributed by atoms with Gasteiger partial charge in [-0.1, -0.05) is 13.8 Å². The van der Waals surface area contributed by atoms with Crippen LogP contribution < -0.4 is 0 Å². The topological polar surface area (TPSA) is 47.3 Å². The molecule has 16 heavy (non-hydrogen) atoms. The highest BCUT2D eigenvalue weighted by molar-refractivity contribution is 4.95. The average molecular weight is 226 g/mol. The molecule has 1 rings (SSSR count). The summed E-state index contributed by atoms with van der Waals surface area (Å²) in [6.07, 6.45) is 5.59. The lowest BCUT2D eigenvalue weighted by molar-refractivity contribution is -0.0140. The number of rotatable bonds is 7. The highest BCUT2D eigenvalue weighted by Gasteiger charge is 2.19. The molecule has 1 N–H and O–H groups in total. The molecule has 1 heterocycles. The van der Waals surface area contributed by atoms with Gasteiger partial charge >= 0.3 is 0 Å². The van der Waals surface area contributed by atoms with Crippen LogP contribution in [0, 0.1) is 0 Å². The number of ether oxygens (including phenoxy) is 1. The Bertz CT molecular complexity index is 295. The van der Waals surface area contributed by atoms with Crippen molar-refractivity contribution in [2.45, 2.75) is 51.9 Å². The van der Waals surface area contributed by atoms with Crippen molar-refractivity contribution >= 4 is 0 Å². The van der Waals surface area contributed by atoms with Crippen LogP contribution in [0.2, 0.25) is 0 Å². The molecule has 0 amide bonds. The van der Waals surface area contributed by atoms with Crippen LogP contribution in [0.25, 0.3) is 0 Å². The van der Waals surface area contributed by atoms with E-state index in [9.17, 15) is 5.11 Å². The quantitative estimate of drug-likeness (QED) is 0.768. The molecule has 4 heteroatoms. The van der Waals surface area contributed by atoms with Crippen LogP contribution in [0.4, 0.5) is 0 Å². The van der Waals surface area contributed by atoms with Gasteiger partial charge in [-0.15, -0.1) is 0 Å². The number of aryl methyl sites for hydroxylation is 1. The number of methoxy groups -OCH3 is 1. The van der Waals surface area contributed by atoms with Crippen molar-refractivity contribution in [3.63, 3.8) is 0 Å². The summed E-state index contributed by atoms with van der Waals surface area (Å²) in [5.74, 6) is 0.935. The van der Waals surface area contributed by atoms with Gasteiger partial charge in [-0.25, -0.2) is 4.98 Å². The molecular formula is C12H22N2O2. The third-order valence-electron chi connectivity index (χ3n) is 2.79. The number of nitrogens with zero attached hydrogens (tertiary/aromatic N) is 2. The van der Waals surface area contributed by atoms with Crippen LogP contribution in [-0.2, 0) is 17.7 Å². The molecule has 1 aromatic heterocycles. The van der Waals surface area contributed by atoms with Gasteiger partial charge in [-0.3, -0.25) is 0 Å². The number of aromatic nitrogens is 2. The maximum absolute atomic E-state index is 10.00. The van der Waals surface area contributed by atoms with Gasteiger partial charge in [0.2, 0.25) is 0 Å². The van der Waals surface area contributed by atoms with Gasteiger partial charge in [0.1, 0.15) is 5.82 Å². The Balaban J connectivity index is 2.61. The summed E-state index contributed by atoms with van der Waals surface area (Å²) in [6.45, 7) is 5.09. The Kier molecular flexibility index (Phi) is 5.49. The number of aliphatic hydroxyl groups is 1. The Morgan fingerprint density at radius 2 is 2.25 bits per heavy atom. The minimum atomic E-state index is -0.479. The van der Waals surface area contributed by atoms with Gasteiger partial charge in [0, 0.05) is 32.5 Å². The molecule has 92 valence electrons. The fourth-order valence-electron chi connectivity index (χ4n) is 1.89. The fourth-order valence-corrected chi connectivity index (χ4v) is 1.89. The third-order valence-corrected chi connectivity index (χ3v) is 2.79. The maximum atomic E-state index is 10.00. The Morgan fingerprint density at radius 3 is 2.81 bits per heavy atom. The summed E-state index contributed by atoms with van der Waals surface area (Å²) < 4.78 is 7.31. The van der Waals surface area contributed by atoms with Crippen molar-refractivity contribution in [1.29, 1.82) is 0 Å². The zero-order chi connectivity index (χ0) is 12.0. The van der Waals surface area contributed by atoms with E-state index in [0.29, 0.717) is 6.42 Å². The molecule has 0 aliphatic rings. The molecule has 0 spiro atoms. The van der Waals surface area contributed by atoms with Gasteiger partial charge < -0.3 is 14.4 Å². The molecule has 0 saturated heterocycles. The average Bonchev–Trinajstić information content (AvgIpc) is 2.68. The zero-order valence-electron chi connectivity index (χ0n) is 10.4. The van der Waals surface area contributed by atoms with E-state index in [1.54, 1.807) is 13.3 Å². The second kappa shape index (κ2) is 6.66. The first kappa shape index (κ1) is 13.2. The molecule has 0 bridgehead atoms. The highest BCUT2D eigenvalue weighted by atomic mass is 16.5. The smallest absolute Gasteiger partial charge is 0.111 e. The lowest BCUT2D eigenvalue weighted by Gasteiger charge is -2.20. The molecule has 0 fully saturated rings. The van der Waals surface area contributed by atoms with E-state index in [1.165, 1.54) is 0 Å². The summed E-state index contributed by atoms with van der Waals surface area (Å²) >= 11 is 0. The number of hydrogen-bond donors (Lipinski definition) is 1. The molecule has 1 aromatic rings. The van der Waals surface area contributed by atoms with Crippen LogP contribution in [0.1, 0.15) is 32.5 Å². The second-order valence-electron chi connectivity index (χ2n) is 3.99. The van der Waals surface area contributed by atoms with Gasteiger partial charge in [-0.05, 0) is 12.8 Å². The zero-order valence-corrected chi connectivity index (χ0v) is 10.4. The minimum Gasteiger partial charge on any atom is -0.390 e. The standard InChI is InChI=1S/C12H22N2O2/c1-4-7-14-8-6-13-12(14)9-10(15)11(5-2)16-3/h6,8,10-11,15H,4-5,7,9H2,1-3H3. The number of imidazole rings is 1. The predicted octanol–water partition coefficient (Wildman–Crippen LogP) is 1.62. The van der Waals surface area contributed by atoms with Crippen LogP contribution in [0.15, 0.2) is 12.4 Å². The van der Waals surface area contributed by atoms with Crippen molar-refractivity contribution in [1.82, 2.24) is 9.55 Å². The van der Waals surface area contributed by atoms with Gasteiger partial charge in [0.25, 0.3) is 0 Å². The molecule has 0 aliphatic heterocycles. The Morgan fingerprint density at radius 1 is 1.50 bits per heavy atom. The molecule has 0 aliphatic carbocycles. The number of aliphatic hydroxyl groups excluding tert-OH is 1. The van der Waals surface area contributed by atoms with Gasteiger partial charge in [0.15, 0.2) is 0 Å². The summed E-state index contributed by atoms with van der Waals surface area (Å²) in [7, 11) is 1.63. The normalized spacial score (nSPS) is 15.0. The van der Waals surface area contributed by atoms with E-state index in [1.807, 2.05) is 13.1 Å². The highest BCUT2D eigenvalue weighted by Crippen LogP contribution is 2.10. The first-order valence-corrected chi connectivity index (χ1v) is 5.93. The molecule has 0 saturated carbocycles. The molecule has 2 atom stereocenters.